The van der Waals surface area contributed by atoms with E-state index in [9.17, 15) is 14.4 Å². The van der Waals surface area contributed by atoms with E-state index in [-0.39, 0.29) is 24.9 Å². The fourth-order valence-corrected chi connectivity index (χ4v) is 2.04. The predicted octanol–water partition coefficient (Wildman–Crippen LogP) is -0.895. The molecule has 0 bridgehead atoms. The molecule has 0 radical (unpaired) electrons. The number of methoxy groups -OCH3 is 1. The van der Waals surface area contributed by atoms with E-state index in [4.69, 9.17) is 4.74 Å². The second-order valence-electron chi connectivity index (χ2n) is 4.61. The second-order valence-corrected chi connectivity index (χ2v) is 4.61. The highest BCUT2D eigenvalue weighted by atomic mass is 16.5. The molecule has 2 unspecified atom stereocenters. The number of hydrogen-bond donors (Lipinski definition) is 3. The van der Waals surface area contributed by atoms with Gasteiger partial charge >= 0.3 is 5.97 Å². The van der Waals surface area contributed by atoms with Gasteiger partial charge in [0.15, 0.2) is 6.04 Å². The summed E-state index contributed by atoms with van der Waals surface area (Å²) in [6.45, 7) is 0.264. The molecule has 1 aliphatic heterocycles. The van der Waals surface area contributed by atoms with Crippen molar-refractivity contribution in [3.05, 3.63) is 35.9 Å². The monoisotopic (exact) mass is 291 g/mol. The highest BCUT2D eigenvalue weighted by molar-refractivity contribution is 5.90. The van der Waals surface area contributed by atoms with E-state index >= 15 is 0 Å². The lowest BCUT2D eigenvalue weighted by atomic mass is 10.1. The molecular weight excluding hydrogens is 274 g/mol. The van der Waals surface area contributed by atoms with E-state index in [0.717, 1.165) is 0 Å². The third-order valence-electron chi connectivity index (χ3n) is 3.19. The van der Waals surface area contributed by atoms with Crippen LogP contribution in [0.4, 0.5) is 0 Å². The van der Waals surface area contributed by atoms with Crippen molar-refractivity contribution in [3.8, 4) is 0 Å². The van der Waals surface area contributed by atoms with Crippen LogP contribution in [-0.2, 0) is 19.1 Å². The zero-order valence-electron chi connectivity index (χ0n) is 11.6. The summed E-state index contributed by atoms with van der Waals surface area (Å²) < 4.78 is 4.73. The third-order valence-corrected chi connectivity index (χ3v) is 3.19. The number of piperazine rings is 1. The number of carbonyl (C=O) groups excluding carboxylic acids is 3. The van der Waals surface area contributed by atoms with Gasteiger partial charge < -0.3 is 15.4 Å². The van der Waals surface area contributed by atoms with E-state index < -0.39 is 18.1 Å². The SMILES string of the molecule is COC(=O)C(NC(=O)C1CNC(=O)CN1)c1ccccc1. The van der Waals surface area contributed by atoms with Crippen molar-refractivity contribution < 1.29 is 19.1 Å². The number of rotatable bonds is 4. The van der Waals surface area contributed by atoms with Crippen LogP contribution in [-0.4, -0.2) is 44.0 Å². The molecule has 1 fully saturated rings. The molecule has 21 heavy (non-hydrogen) atoms. The van der Waals surface area contributed by atoms with Crippen LogP contribution in [0.3, 0.4) is 0 Å². The normalized spacial score (nSPS) is 19.3. The Morgan fingerprint density at radius 3 is 2.62 bits per heavy atom. The summed E-state index contributed by atoms with van der Waals surface area (Å²) in [5.74, 6) is -1.07. The summed E-state index contributed by atoms with van der Waals surface area (Å²) in [6, 6.07) is 7.39. The van der Waals surface area contributed by atoms with Crippen molar-refractivity contribution in [2.75, 3.05) is 20.2 Å². The molecule has 1 aromatic carbocycles. The molecule has 1 saturated heterocycles. The lowest BCUT2D eigenvalue weighted by molar-refractivity contribution is -0.145. The van der Waals surface area contributed by atoms with Gasteiger partial charge in [-0.1, -0.05) is 30.3 Å². The van der Waals surface area contributed by atoms with Gasteiger partial charge in [-0.05, 0) is 5.56 Å². The highest BCUT2D eigenvalue weighted by Gasteiger charge is 2.29. The van der Waals surface area contributed by atoms with Gasteiger partial charge in [0.2, 0.25) is 11.8 Å². The highest BCUT2D eigenvalue weighted by Crippen LogP contribution is 2.14. The van der Waals surface area contributed by atoms with Crippen LogP contribution in [0.15, 0.2) is 30.3 Å². The molecule has 0 spiro atoms. The van der Waals surface area contributed by atoms with Gasteiger partial charge in [0.05, 0.1) is 13.7 Å². The van der Waals surface area contributed by atoms with Crippen molar-refractivity contribution in [2.45, 2.75) is 12.1 Å². The van der Waals surface area contributed by atoms with Gasteiger partial charge in [0.25, 0.3) is 0 Å². The Morgan fingerprint density at radius 1 is 1.33 bits per heavy atom. The fraction of sp³-hybridized carbons (Fsp3) is 0.357. The molecule has 112 valence electrons. The minimum absolute atomic E-state index is 0.0757. The summed E-state index contributed by atoms with van der Waals surface area (Å²) in [4.78, 5) is 35.1. The summed E-state index contributed by atoms with van der Waals surface area (Å²) in [7, 11) is 1.27. The number of ether oxygens (including phenoxy) is 1. The van der Waals surface area contributed by atoms with Crippen LogP contribution in [0.1, 0.15) is 11.6 Å². The molecule has 2 atom stereocenters. The van der Waals surface area contributed by atoms with Crippen LogP contribution in [0, 0.1) is 0 Å². The Balaban J connectivity index is 2.07. The average molecular weight is 291 g/mol. The number of benzene rings is 1. The van der Waals surface area contributed by atoms with E-state index in [0.29, 0.717) is 5.56 Å². The average Bonchev–Trinajstić information content (AvgIpc) is 2.53. The molecule has 1 heterocycles. The van der Waals surface area contributed by atoms with E-state index in [1.54, 1.807) is 24.3 Å². The maximum Gasteiger partial charge on any atom is 0.333 e. The van der Waals surface area contributed by atoms with Crippen LogP contribution in [0.2, 0.25) is 0 Å². The zero-order chi connectivity index (χ0) is 15.2. The second kappa shape index (κ2) is 6.85. The minimum Gasteiger partial charge on any atom is -0.467 e. The first-order valence-electron chi connectivity index (χ1n) is 6.55. The molecule has 0 aliphatic carbocycles. The van der Waals surface area contributed by atoms with Crippen molar-refractivity contribution in [3.63, 3.8) is 0 Å². The molecular formula is C14H17N3O4. The lowest BCUT2D eigenvalue weighted by Gasteiger charge is -2.25. The van der Waals surface area contributed by atoms with Gasteiger partial charge in [-0.2, -0.15) is 0 Å². The Bertz CT molecular complexity index is 522. The van der Waals surface area contributed by atoms with Crippen LogP contribution < -0.4 is 16.0 Å². The topological polar surface area (TPSA) is 96.5 Å². The molecule has 2 amide bonds. The van der Waals surface area contributed by atoms with Crippen molar-refractivity contribution in [1.29, 1.82) is 0 Å². The Morgan fingerprint density at radius 2 is 2.05 bits per heavy atom. The van der Waals surface area contributed by atoms with Crippen LogP contribution in [0.25, 0.3) is 0 Å². The lowest BCUT2D eigenvalue weighted by Crippen LogP contribution is -2.58. The molecule has 1 aromatic rings. The maximum atomic E-state index is 12.2. The first kappa shape index (κ1) is 15.0. The van der Waals surface area contributed by atoms with Gasteiger partial charge in [0, 0.05) is 6.54 Å². The Labute approximate surface area is 122 Å². The maximum absolute atomic E-state index is 12.2. The molecule has 0 aromatic heterocycles. The summed E-state index contributed by atoms with van der Waals surface area (Å²) >= 11 is 0. The van der Waals surface area contributed by atoms with E-state index in [2.05, 4.69) is 16.0 Å². The molecule has 3 N–H and O–H groups in total. The molecule has 7 heteroatoms. The van der Waals surface area contributed by atoms with Crippen LogP contribution >= 0.6 is 0 Å². The van der Waals surface area contributed by atoms with Crippen LogP contribution in [0.5, 0.6) is 0 Å². The Hall–Kier alpha value is -2.41. The Kier molecular flexibility index (Phi) is 4.89. The van der Waals surface area contributed by atoms with E-state index in [1.165, 1.54) is 7.11 Å². The molecule has 2 rings (SSSR count). The third kappa shape index (κ3) is 3.79. The fourth-order valence-electron chi connectivity index (χ4n) is 2.04. The van der Waals surface area contributed by atoms with Crippen molar-refractivity contribution >= 4 is 17.8 Å². The smallest absolute Gasteiger partial charge is 0.333 e. The molecule has 7 nitrogen and oxygen atoms in total. The largest absolute Gasteiger partial charge is 0.467 e. The number of amides is 2. The first-order valence-corrected chi connectivity index (χ1v) is 6.55. The molecule has 1 aliphatic rings. The van der Waals surface area contributed by atoms with Crippen molar-refractivity contribution in [2.24, 2.45) is 0 Å². The molecule has 0 saturated carbocycles. The number of hydrogen-bond acceptors (Lipinski definition) is 5. The standard InChI is InChI=1S/C14H17N3O4/c1-21-14(20)12(9-5-3-2-4-6-9)17-13(19)10-7-16-11(18)8-15-10/h2-6,10,12,15H,7-8H2,1H3,(H,16,18)(H,17,19). The number of carbonyl (C=O) groups is 3. The number of esters is 1. The quantitative estimate of drug-likeness (QED) is 0.625. The summed E-state index contributed by atoms with van der Waals surface area (Å²) in [6.07, 6.45) is 0. The summed E-state index contributed by atoms with van der Waals surface area (Å²) in [5.41, 5.74) is 0.637. The number of nitrogens with one attached hydrogen (secondary N) is 3. The minimum atomic E-state index is -0.872. The van der Waals surface area contributed by atoms with Gasteiger partial charge in [-0.25, -0.2) is 4.79 Å². The summed E-state index contributed by atoms with van der Waals surface area (Å²) in [5, 5.41) is 8.04. The van der Waals surface area contributed by atoms with Gasteiger partial charge in [-0.15, -0.1) is 0 Å². The predicted molar refractivity (Wildman–Crippen MR) is 74.1 cm³/mol. The van der Waals surface area contributed by atoms with E-state index in [1.807, 2.05) is 6.07 Å². The van der Waals surface area contributed by atoms with Gasteiger partial charge in [0.1, 0.15) is 6.04 Å². The zero-order valence-corrected chi connectivity index (χ0v) is 11.6. The van der Waals surface area contributed by atoms with Crippen molar-refractivity contribution in [1.82, 2.24) is 16.0 Å². The van der Waals surface area contributed by atoms with Gasteiger partial charge in [-0.3, -0.25) is 14.9 Å². The first-order chi connectivity index (χ1) is 10.1.